The van der Waals surface area contributed by atoms with Gasteiger partial charge in [-0.2, -0.15) is 5.10 Å². The number of carbonyl (C=O) groups excluding carboxylic acids is 1. The standard InChI is InChI=1S/C20H15N3O2/c24-19-14(10-9-13-5-1-2-6-15(13)19)11-22-23-20(25)17-12-21-18-8-4-3-7-16(17)18/h1-12,21,24H,(H,23,25). The Labute approximate surface area is 143 Å². The molecule has 0 unspecified atom stereocenters. The molecule has 4 aromatic rings. The van der Waals surface area contributed by atoms with Crippen molar-refractivity contribution in [1.82, 2.24) is 10.4 Å². The number of nitrogens with one attached hydrogen (secondary N) is 2. The monoisotopic (exact) mass is 329 g/mol. The quantitative estimate of drug-likeness (QED) is 0.395. The predicted octanol–water partition coefficient (Wildman–Crippen LogP) is 3.79. The summed E-state index contributed by atoms with van der Waals surface area (Å²) < 4.78 is 0. The Morgan fingerprint density at radius 2 is 1.76 bits per heavy atom. The summed E-state index contributed by atoms with van der Waals surface area (Å²) in [6.45, 7) is 0. The molecule has 3 N–H and O–H groups in total. The van der Waals surface area contributed by atoms with Gasteiger partial charge in [0.1, 0.15) is 5.75 Å². The molecule has 1 amide bonds. The van der Waals surface area contributed by atoms with Crippen molar-refractivity contribution in [3.05, 3.63) is 78.0 Å². The van der Waals surface area contributed by atoms with Crippen LogP contribution in [-0.2, 0) is 0 Å². The highest BCUT2D eigenvalue weighted by atomic mass is 16.3. The number of amides is 1. The van der Waals surface area contributed by atoms with Crippen LogP contribution >= 0.6 is 0 Å². The van der Waals surface area contributed by atoms with Gasteiger partial charge in [0, 0.05) is 28.0 Å². The Bertz CT molecular complexity index is 1110. The van der Waals surface area contributed by atoms with Crippen LogP contribution in [0.2, 0.25) is 0 Å². The first kappa shape index (κ1) is 15.0. The van der Waals surface area contributed by atoms with Crippen LogP contribution in [0.1, 0.15) is 15.9 Å². The second-order valence-corrected chi connectivity index (χ2v) is 5.67. The third kappa shape index (κ3) is 2.72. The molecule has 3 aromatic carbocycles. The maximum absolute atomic E-state index is 12.3. The van der Waals surface area contributed by atoms with E-state index < -0.39 is 0 Å². The van der Waals surface area contributed by atoms with E-state index in [1.807, 2.05) is 54.6 Å². The average Bonchev–Trinajstić information content (AvgIpc) is 3.08. The number of nitrogens with zero attached hydrogens (tertiary/aromatic N) is 1. The largest absolute Gasteiger partial charge is 0.507 e. The lowest BCUT2D eigenvalue weighted by molar-refractivity contribution is 0.0957. The lowest BCUT2D eigenvalue weighted by Gasteiger charge is -2.04. The van der Waals surface area contributed by atoms with Gasteiger partial charge in [-0.25, -0.2) is 5.43 Å². The third-order valence-electron chi connectivity index (χ3n) is 4.14. The molecule has 0 saturated carbocycles. The number of para-hydroxylation sites is 1. The van der Waals surface area contributed by atoms with E-state index in [2.05, 4.69) is 15.5 Å². The fraction of sp³-hybridized carbons (Fsp3) is 0. The van der Waals surface area contributed by atoms with Crippen LogP contribution in [0.3, 0.4) is 0 Å². The van der Waals surface area contributed by atoms with Crippen LogP contribution < -0.4 is 5.43 Å². The molecule has 0 radical (unpaired) electrons. The number of phenolic OH excluding ortho intramolecular Hbond substituents is 1. The Balaban J connectivity index is 1.57. The smallest absolute Gasteiger partial charge is 0.273 e. The molecular weight excluding hydrogens is 314 g/mol. The SMILES string of the molecule is O=C(NN=Cc1ccc2ccccc2c1O)c1c[nH]c2ccccc12. The van der Waals surface area contributed by atoms with Crippen molar-refractivity contribution in [2.75, 3.05) is 0 Å². The van der Waals surface area contributed by atoms with E-state index in [0.29, 0.717) is 11.1 Å². The lowest BCUT2D eigenvalue weighted by Crippen LogP contribution is -2.17. The number of benzene rings is 3. The number of aromatic amines is 1. The zero-order valence-electron chi connectivity index (χ0n) is 13.2. The second-order valence-electron chi connectivity index (χ2n) is 5.67. The molecule has 0 bridgehead atoms. The predicted molar refractivity (Wildman–Crippen MR) is 99.0 cm³/mol. The van der Waals surface area contributed by atoms with Gasteiger partial charge in [0.25, 0.3) is 5.91 Å². The van der Waals surface area contributed by atoms with Crippen molar-refractivity contribution in [2.45, 2.75) is 0 Å². The molecule has 0 spiro atoms. The minimum absolute atomic E-state index is 0.142. The first-order chi connectivity index (χ1) is 12.2. The highest BCUT2D eigenvalue weighted by Crippen LogP contribution is 2.27. The van der Waals surface area contributed by atoms with Gasteiger partial charge >= 0.3 is 0 Å². The fourth-order valence-corrected chi connectivity index (χ4v) is 2.86. The zero-order valence-corrected chi connectivity index (χ0v) is 13.2. The molecule has 0 saturated heterocycles. The summed E-state index contributed by atoms with van der Waals surface area (Å²) in [6.07, 6.45) is 3.09. The van der Waals surface area contributed by atoms with E-state index in [9.17, 15) is 9.90 Å². The molecule has 0 aliphatic carbocycles. The van der Waals surface area contributed by atoms with Crippen LogP contribution in [0.4, 0.5) is 0 Å². The molecule has 4 rings (SSSR count). The molecule has 1 heterocycles. The summed E-state index contributed by atoms with van der Waals surface area (Å²) in [5.74, 6) is -0.169. The number of phenols is 1. The number of hydrazone groups is 1. The number of hydrogen-bond acceptors (Lipinski definition) is 3. The summed E-state index contributed by atoms with van der Waals surface area (Å²) in [7, 11) is 0. The van der Waals surface area contributed by atoms with E-state index >= 15 is 0 Å². The van der Waals surface area contributed by atoms with Gasteiger partial charge in [0.05, 0.1) is 11.8 Å². The number of aromatic hydroxyl groups is 1. The van der Waals surface area contributed by atoms with Crippen LogP contribution in [0.5, 0.6) is 5.75 Å². The van der Waals surface area contributed by atoms with Crippen molar-refractivity contribution >= 4 is 33.8 Å². The first-order valence-electron chi connectivity index (χ1n) is 7.84. The van der Waals surface area contributed by atoms with E-state index in [-0.39, 0.29) is 11.7 Å². The normalized spacial score (nSPS) is 11.4. The summed E-state index contributed by atoms with van der Waals surface area (Å²) >= 11 is 0. The average molecular weight is 329 g/mol. The van der Waals surface area contributed by atoms with Gasteiger partial charge in [0.2, 0.25) is 0 Å². The number of rotatable bonds is 3. The maximum Gasteiger partial charge on any atom is 0.273 e. The summed E-state index contributed by atoms with van der Waals surface area (Å²) in [5.41, 5.74) is 4.46. The summed E-state index contributed by atoms with van der Waals surface area (Å²) in [4.78, 5) is 15.4. The Morgan fingerprint density at radius 1 is 1.00 bits per heavy atom. The zero-order chi connectivity index (χ0) is 17.2. The summed E-state index contributed by atoms with van der Waals surface area (Å²) in [5, 5.41) is 16.8. The van der Waals surface area contributed by atoms with Gasteiger partial charge in [-0.05, 0) is 17.5 Å². The number of aromatic nitrogens is 1. The molecular formula is C20H15N3O2. The topological polar surface area (TPSA) is 77.5 Å². The Morgan fingerprint density at radius 3 is 2.64 bits per heavy atom. The van der Waals surface area contributed by atoms with Gasteiger partial charge in [0.15, 0.2) is 0 Å². The molecule has 25 heavy (non-hydrogen) atoms. The highest BCUT2D eigenvalue weighted by Gasteiger charge is 2.10. The van der Waals surface area contributed by atoms with Crippen molar-refractivity contribution < 1.29 is 9.90 Å². The molecule has 5 heteroatoms. The van der Waals surface area contributed by atoms with Crippen molar-refractivity contribution in [1.29, 1.82) is 0 Å². The van der Waals surface area contributed by atoms with Crippen molar-refractivity contribution in [3.63, 3.8) is 0 Å². The molecule has 0 fully saturated rings. The first-order valence-corrected chi connectivity index (χ1v) is 7.84. The number of hydrogen-bond donors (Lipinski definition) is 3. The van der Waals surface area contributed by atoms with Gasteiger partial charge < -0.3 is 10.1 Å². The minimum atomic E-state index is -0.311. The second kappa shape index (κ2) is 6.13. The third-order valence-corrected chi connectivity index (χ3v) is 4.14. The fourth-order valence-electron chi connectivity index (χ4n) is 2.86. The van der Waals surface area contributed by atoms with E-state index in [4.69, 9.17) is 0 Å². The van der Waals surface area contributed by atoms with Crippen molar-refractivity contribution in [3.8, 4) is 5.75 Å². The molecule has 0 aliphatic rings. The van der Waals surface area contributed by atoms with Gasteiger partial charge in [-0.3, -0.25) is 4.79 Å². The van der Waals surface area contributed by atoms with Crippen LogP contribution in [0.15, 0.2) is 72.0 Å². The van der Waals surface area contributed by atoms with Crippen LogP contribution in [0, 0.1) is 0 Å². The highest BCUT2D eigenvalue weighted by molar-refractivity contribution is 6.07. The van der Waals surface area contributed by atoms with Crippen LogP contribution in [0.25, 0.3) is 21.7 Å². The molecule has 0 atom stereocenters. The molecule has 122 valence electrons. The van der Waals surface area contributed by atoms with Crippen molar-refractivity contribution in [2.24, 2.45) is 5.10 Å². The Kier molecular flexibility index (Phi) is 3.67. The van der Waals surface area contributed by atoms with Crippen LogP contribution in [-0.4, -0.2) is 22.2 Å². The van der Waals surface area contributed by atoms with Gasteiger partial charge in [-0.1, -0.05) is 48.5 Å². The molecule has 0 aliphatic heterocycles. The number of fused-ring (bicyclic) bond motifs is 2. The molecule has 5 nitrogen and oxygen atoms in total. The number of carbonyl (C=O) groups is 1. The van der Waals surface area contributed by atoms with E-state index in [1.165, 1.54) is 6.21 Å². The van der Waals surface area contributed by atoms with E-state index in [0.717, 1.165) is 21.7 Å². The maximum atomic E-state index is 12.3. The number of H-pyrrole nitrogens is 1. The lowest BCUT2D eigenvalue weighted by atomic mass is 10.1. The Hall–Kier alpha value is -3.60. The van der Waals surface area contributed by atoms with Gasteiger partial charge in [-0.15, -0.1) is 0 Å². The summed E-state index contributed by atoms with van der Waals surface area (Å²) in [6, 6.07) is 18.8. The minimum Gasteiger partial charge on any atom is -0.507 e. The molecule has 1 aromatic heterocycles. The van der Waals surface area contributed by atoms with E-state index in [1.54, 1.807) is 12.3 Å².